The van der Waals surface area contributed by atoms with E-state index >= 15 is 0 Å². The molecule has 0 atom stereocenters. The second-order valence-corrected chi connectivity index (χ2v) is 5.21. The van der Waals surface area contributed by atoms with Crippen LogP contribution in [0.15, 0.2) is 30.3 Å². The molecule has 0 saturated heterocycles. The molecule has 5 nitrogen and oxygen atoms in total. The highest BCUT2D eigenvalue weighted by Crippen LogP contribution is 2.24. The molecule has 0 aliphatic heterocycles. The molecule has 2 N–H and O–H groups in total. The SMILES string of the molecule is Cc1cccc(C)c1OCc1nnc2c(N)ccc(C)n12. The normalized spacial score (nSPS) is 11.0. The van der Waals surface area contributed by atoms with Gasteiger partial charge in [-0.2, -0.15) is 0 Å². The van der Waals surface area contributed by atoms with Crippen LogP contribution in [0, 0.1) is 20.8 Å². The Morgan fingerprint density at radius 2 is 1.76 bits per heavy atom. The molecule has 0 spiro atoms. The van der Waals surface area contributed by atoms with Gasteiger partial charge >= 0.3 is 0 Å². The summed E-state index contributed by atoms with van der Waals surface area (Å²) in [5.41, 5.74) is 10.5. The first-order valence-corrected chi connectivity index (χ1v) is 6.86. The van der Waals surface area contributed by atoms with Gasteiger partial charge in [-0.05, 0) is 44.0 Å². The van der Waals surface area contributed by atoms with Gasteiger partial charge in [0.25, 0.3) is 0 Å². The number of hydrogen-bond donors (Lipinski definition) is 1. The molecule has 0 bridgehead atoms. The van der Waals surface area contributed by atoms with Gasteiger partial charge in [0.05, 0.1) is 5.69 Å². The van der Waals surface area contributed by atoms with E-state index in [0.717, 1.165) is 28.4 Å². The largest absolute Gasteiger partial charge is 0.485 e. The molecular weight excluding hydrogens is 264 g/mol. The third-order valence-electron chi connectivity index (χ3n) is 3.60. The van der Waals surface area contributed by atoms with Crippen molar-refractivity contribution in [2.75, 3.05) is 5.73 Å². The Morgan fingerprint density at radius 3 is 2.48 bits per heavy atom. The average molecular weight is 282 g/mol. The smallest absolute Gasteiger partial charge is 0.184 e. The number of fused-ring (bicyclic) bond motifs is 1. The highest BCUT2D eigenvalue weighted by molar-refractivity contribution is 5.64. The van der Waals surface area contributed by atoms with Gasteiger partial charge in [-0.1, -0.05) is 18.2 Å². The number of aryl methyl sites for hydroxylation is 3. The summed E-state index contributed by atoms with van der Waals surface area (Å²) in [6.45, 7) is 6.43. The number of hydrogen-bond acceptors (Lipinski definition) is 4. The van der Waals surface area contributed by atoms with E-state index in [9.17, 15) is 0 Å². The van der Waals surface area contributed by atoms with Crippen LogP contribution in [0.25, 0.3) is 5.65 Å². The summed E-state index contributed by atoms with van der Waals surface area (Å²) in [5.74, 6) is 1.65. The predicted octanol–water partition coefficient (Wildman–Crippen LogP) is 2.82. The van der Waals surface area contributed by atoms with Gasteiger partial charge in [0, 0.05) is 5.69 Å². The molecule has 3 aromatic rings. The van der Waals surface area contributed by atoms with Gasteiger partial charge in [-0.3, -0.25) is 4.40 Å². The minimum Gasteiger partial charge on any atom is -0.485 e. The lowest BCUT2D eigenvalue weighted by Gasteiger charge is -2.11. The van der Waals surface area contributed by atoms with Crippen molar-refractivity contribution in [3.63, 3.8) is 0 Å². The zero-order valence-corrected chi connectivity index (χ0v) is 12.4. The summed E-state index contributed by atoms with van der Waals surface area (Å²) in [4.78, 5) is 0. The fourth-order valence-electron chi connectivity index (χ4n) is 2.49. The van der Waals surface area contributed by atoms with Gasteiger partial charge < -0.3 is 10.5 Å². The quantitative estimate of drug-likeness (QED) is 0.802. The average Bonchev–Trinajstić information content (AvgIpc) is 2.88. The van der Waals surface area contributed by atoms with Gasteiger partial charge in [0.15, 0.2) is 11.5 Å². The first kappa shape index (κ1) is 13.4. The zero-order chi connectivity index (χ0) is 15.0. The van der Waals surface area contributed by atoms with E-state index in [-0.39, 0.29) is 0 Å². The van der Waals surface area contributed by atoms with Crippen molar-refractivity contribution in [1.29, 1.82) is 0 Å². The highest BCUT2D eigenvalue weighted by Gasteiger charge is 2.12. The Morgan fingerprint density at radius 1 is 1.05 bits per heavy atom. The number of benzene rings is 1. The number of rotatable bonds is 3. The summed E-state index contributed by atoms with van der Waals surface area (Å²) in [6, 6.07) is 9.89. The van der Waals surface area contributed by atoms with E-state index in [4.69, 9.17) is 10.5 Å². The first-order chi connectivity index (χ1) is 10.1. The maximum Gasteiger partial charge on any atom is 0.184 e. The highest BCUT2D eigenvalue weighted by atomic mass is 16.5. The number of pyridine rings is 1. The number of nitrogens with zero attached hydrogens (tertiary/aromatic N) is 3. The lowest BCUT2D eigenvalue weighted by molar-refractivity contribution is 0.290. The third-order valence-corrected chi connectivity index (χ3v) is 3.60. The fraction of sp³-hybridized carbons (Fsp3) is 0.250. The molecule has 0 aliphatic carbocycles. The molecule has 0 aliphatic rings. The number of para-hydroxylation sites is 1. The molecule has 3 rings (SSSR count). The van der Waals surface area contributed by atoms with E-state index in [1.807, 2.05) is 55.5 Å². The molecule has 2 heterocycles. The molecule has 21 heavy (non-hydrogen) atoms. The molecule has 0 saturated carbocycles. The lowest BCUT2D eigenvalue weighted by atomic mass is 10.1. The van der Waals surface area contributed by atoms with Crippen molar-refractivity contribution in [2.24, 2.45) is 0 Å². The summed E-state index contributed by atoms with van der Waals surface area (Å²) < 4.78 is 7.88. The number of ether oxygens (including phenoxy) is 1. The van der Waals surface area contributed by atoms with Crippen LogP contribution >= 0.6 is 0 Å². The van der Waals surface area contributed by atoms with E-state index < -0.39 is 0 Å². The summed E-state index contributed by atoms with van der Waals surface area (Å²) in [7, 11) is 0. The molecule has 108 valence electrons. The molecule has 0 fully saturated rings. The van der Waals surface area contributed by atoms with Crippen molar-refractivity contribution in [1.82, 2.24) is 14.6 Å². The summed E-state index contributed by atoms with van der Waals surface area (Å²) in [5, 5.41) is 8.34. The molecule has 2 aromatic heterocycles. The Kier molecular flexibility index (Phi) is 3.25. The van der Waals surface area contributed by atoms with Crippen molar-refractivity contribution < 1.29 is 4.74 Å². The topological polar surface area (TPSA) is 65.4 Å². The van der Waals surface area contributed by atoms with Gasteiger partial charge in [0.2, 0.25) is 0 Å². The summed E-state index contributed by atoms with van der Waals surface area (Å²) >= 11 is 0. The van der Waals surface area contributed by atoms with Crippen LogP contribution in [0.3, 0.4) is 0 Å². The van der Waals surface area contributed by atoms with Crippen molar-refractivity contribution in [2.45, 2.75) is 27.4 Å². The maximum absolute atomic E-state index is 5.95. The van der Waals surface area contributed by atoms with Gasteiger partial charge in [0.1, 0.15) is 12.4 Å². The first-order valence-electron chi connectivity index (χ1n) is 6.86. The molecule has 0 radical (unpaired) electrons. The molecule has 0 unspecified atom stereocenters. The van der Waals surface area contributed by atoms with Crippen LogP contribution in [0.5, 0.6) is 5.75 Å². The minimum atomic E-state index is 0.358. The lowest BCUT2D eigenvalue weighted by Crippen LogP contribution is -2.05. The van der Waals surface area contributed by atoms with E-state index in [0.29, 0.717) is 17.9 Å². The summed E-state index contributed by atoms with van der Waals surface area (Å²) in [6.07, 6.45) is 0. The molecule has 1 aromatic carbocycles. The van der Waals surface area contributed by atoms with E-state index in [1.165, 1.54) is 0 Å². The molecular formula is C16H18N4O. The fourth-order valence-corrected chi connectivity index (χ4v) is 2.49. The number of anilines is 1. The Bertz CT molecular complexity index is 787. The van der Waals surface area contributed by atoms with Crippen LogP contribution in [0.1, 0.15) is 22.6 Å². The Labute approximate surface area is 123 Å². The standard InChI is InChI=1S/C16H18N4O/c1-10-5-4-6-11(2)15(10)21-9-14-18-19-16-13(17)8-7-12(3)20(14)16/h4-8H,9,17H2,1-3H3. The Balaban J connectivity index is 1.95. The maximum atomic E-state index is 5.95. The van der Waals surface area contributed by atoms with E-state index in [2.05, 4.69) is 10.2 Å². The van der Waals surface area contributed by atoms with E-state index in [1.54, 1.807) is 0 Å². The predicted molar refractivity (Wildman–Crippen MR) is 82.4 cm³/mol. The van der Waals surface area contributed by atoms with Crippen LogP contribution in [-0.4, -0.2) is 14.6 Å². The Hall–Kier alpha value is -2.56. The zero-order valence-electron chi connectivity index (χ0n) is 12.4. The van der Waals surface area contributed by atoms with Gasteiger partial charge in [-0.25, -0.2) is 0 Å². The van der Waals surface area contributed by atoms with Crippen molar-refractivity contribution in [3.05, 3.63) is 53.0 Å². The second-order valence-electron chi connectivity index (χ2n) is 5.21. The monoisotopic (exact) mass is 282 g/mol. The van der Waals surface area contributed by atoms with Gasteiger partial charge in [-0.15, -0.1) is 10.2 Å². The molecule has 5 heteroatoms. The number of nitrogen functional groups attached to an aromatic ring is 1. The third kappa shape index (κ3) is 2.31. The van der Waals surface area contributed by atoms with Crippen LogP contribution in [0.2, 0.25) is 0 Å². The minimum absolute atomic E-state index is 0.358. The molecule has 0 amide bonds. The van der Waals surface area contributed by atoms with Crippen molar-refractivity contribution >= 4 is 11.3 Å². The number of nitrogens with two attached hydrogens (primary N) is 1. The van der Waals surface area contributed by atoms with Crippen molar-refractivity contribution in [3.8, 4) is 5.75 Å². The van der Waals surface area contributed by atoms with Crippen LogP contribution in [0.4, 0.5) is 5.69 Å². The van der Waals surface area contributed by atoms with Crippen LogP contribution < -0.4 is 10.5 Å². The number of aromatic nitrogens is 3. The van der Waals surface area contributed by atoms with Crippen LogP contribution in [-0.2, 0) is 6.61 Å². The second kappa shape index (κ2) is 5.09.